The van der Waals surface area contributed by atoms with Crippen LogP contribution in [0.2, 0.25) is 5.02 Å². The molecule has 1 aromatic carbocycles. The summed E-state index contributed by atoms with van der Waals surface area (Å²) < 4.78 is 0. The quantitative estimate of drug-likeness (QED) is 0.298. The number of aliphatic hydroxyl groups excluding tert-OH is 1. The van der Waals surface area contributed by atoms with E-state index in [1.807, 2.05) is 0 Å². The summed E-state index contributed by atoms with van der Waals surface area (Å²) in [5, 5.41) is 30.8. The van der Waals surface area contributed by atoms with Gasteiger partial charge in [-0.3, -0.25) is 14.9 Å². The fourth-order valence-corrected chi connectivity index (χ4v) is 1.98. The highest BCUT2D eigenvalue weighted by Gasteiger charge is 2.31. The van der Waals surface area contributed by atoms with Crippen LogP contribution in [-0.4, -0.2) is 15.8 Å². The smallest absolute Gasteiger partial charge is 0.284 e. The van der Waals surface area contributed by atoms with Crippen molar-refractivity contribution in [2.75, 3.05) is 0 Å². The molecular formula is C15H15ClN2O4. The molecule has 0 aliphatic rings. The molecule has 0 bridgehead atoms. The lowest BCUT2D eigenvalue weighted by atomic mass is 9.85. The zero-order valence-electron chi connectivity index (χ0n) is 12.6. The van der Waals surface area contributed by atoms with Gasteiger partial charge in [-0.25, -0.2) is 0 Å². The number of rotatable bonds is 3. The Morgan fingerprint density at radius 2 is 1.95 bits per heavy atom. The SMILES string of the molecule is Cc1c(Cl)ccc(C(O)=C(C#N)C(=O)C(C)(C)C)c1[N+](=O)[O-]. The first-order chi connectivity index (χ1) is 10.0. The summed E-state index contributed by atoms with van der Waals surface area (Å²) in [6.45, 7) is 6.18. The van der Waals surface area contributed by atoms with E-state index in [1.54, 1.807) is 26.8 Å². The van der Waals surface area contributed by atoms with Crippen LogP contribution in [0.4, 0.5) is 5.69 Å². The van der Waals surface area contributed by atoms with Crippen LogP contribution < -0.4 is 0 Å². The van der Waals surface area contributed by atoms with Gasteiger partial charge < -0.3 is 5.11 Å². The molecule has 1 aromatic rings. The Kier molecular flexibility index (Phi) is 4.94. The Bertz CT molecular complexity index is 724. The van der Waals surface area contributed by atoms with Gasteiger partial charge in [-0.2, -0.15) is 5.26 Å². The highest BCUT2D eigenvalue weighted by atomic mass is 35.5. The maximum absolute atomic E-state index is 12.2. The second kappa shape index (κ2) is 6.16. The van der Waals surface area contributed by atoms with Gasteiger partial charge in [0.15, 0.2) is 11.5 Å². The van der Waals surface area contributed by atoms with Crippen molar-refractivity contribution in [3.63, 3.8) is 0 Å². The number of aliphatic hydroxyl groups is 1. The van der Waals surface area contributed by atoms with Crippen molar-refractivity contribution in [2.45, 2.75) is 27.7 Å². The maximum atomic E-state index is 12.2. The van der Waals surface area contributed by atoms with E-state index in [4.69, 9.17) is 16.9 Å². The van der Waals surface area contributed by atoms with Crippen molar-refractivity contribution in [1.82, 2.24) is 0 Å². The molecule has 0 aliphatic carbocycles. The van der Waals surface area contributed by atoms with E-state index in [0.717, 1.165) is 0 Å². The average molecular weight is 323 g/mol. The first-order valence-electron chi connectivity index (χ1n) is 6.34. The molecule has 7 heteroatoms. The number of benzene rings is 1. The highest BCUT2D eigenvalue weighted by Crippen LogP contribution is 2.35. The minimum atomic E-state index is -0.907. The number of ketones is 1. The van der Waals surface area contributed by atoms with Crippen molar-refractivity contribution in [3.05, 3.63) is 44.0 Å². The molecule has 6 nitrogen and oxygen atoms in total. The molecule has 0 fully saturated rings. The molecule has 0 radical (unpaired) electrons. The van der Waals surface area contributed by atoms with Gasteiger partial charge in [0.05, 0.1) is 15.5 Å². The van der Waals surface area contributed by atoms with Crippen molar-refractivity contribution < 1.29 is 14.8 Å². The van der Waals surface area contributed by atoms with Crippen LogP contribution in [0.5, 0.6) is 0 Å². The number of allylic oxidation sites excluding steroid dienone is 1. The average Bonchev–Trinajstić information content (AvgIpc) is 2.40. The monoisotopic (exact) mass is 322 g/mol. The number of nitro groups is 1. The molecule has 0 atom stereocenters. The van der Waals surface area contributed by atoms with E-state index in [-0.39, 0.29) is 16.1 Å². The molecule has 0 spiro atoms. The molecule has 0 saturated heterocycles. The largest absolute Gasteiger partial charge is 0.506 e. The summed E-state index contributed by atoms with van der Waals surface area (Å²) in [7, 11) is 0. The van der Waals surface area contributed by atoms with Crippen molar-refractivity contribution in [2.24, 2.45) is 5.41 Å². The number of Topliss-reactive ketones (excluding diaryl/α,β-unsaturated/α-hetero) is 1. The Balaban J connectivity index is 3.71. The molecule has 1 N–H and O–H groups in total. The van der Waals surface area contributed by atoms with Gasteiger partial charge in [0, 0.05) is 11.0 Å². The summed E-state index contributed by atoms with van der Waals surface area (Å²) in [5.74, 6) is -1.32. The van der Waals surface area contributed by atoms with Gasteiger partial charge in [-0.1, -0.05) is 32.4 Å². The lowest BCUT2D eigenvalue weighted by Crippen LogP contribution is -2.22. The van der Waals surface area contributed by atoms with Crippen LogP contribution in [-0.2, 0) is 4.79 Å². The zero-order chi connectivity index (χ0) is 17.2. The Labute approximate surface area is 132 Å². The normalized spacial score (nSPS) is 12.4. The second-order valence-corrected chi connectivity index (χ2v) is 6.15. The predicted molar refractivity (Wildman–Crippen MR) is 82.5 cm³/mol. The first kappa shape index (κ1) is 17.7. The Hall–Kier alpha value is -2.39. The van der Waals surface area contributed by atoms with Gasteiger partial charge in [-0.05, 0) is 19.1 Å². The lowest BCUT2D eigenvalue weighted by molar-refractivity contribution is -0.385. The molecule has 0 aliphatic heterocycles. The highest BCUT2D eigenvalue weighted by molar-refractivity contribution is 6.31. The Morgan fingerprint density at radius 3 is 2.36 bits per heavy atom. The van der Waals surface area contributed by atoms with Crippen molar-refractivity contribution in [1.29, 1.82) is 5.26 Å². The third kappa shape index (κ3) is 3.26. The molecule has 0 aromatic heterocycles. The number of carbonyl (C=O) groups excluding carboxylic acids is 1. The number of nitro benzene ring substituents is 1. The third-order valence-electron chi connectivity index (χ3n) is 3.06. The minimum absolute atomic E-state index is 0.149. The molecule has 0 unspecified atom stereocenters. The van der Waals surface area contributed by atoms with E-state index in [9.17, 15) is 20.0 Å². The van der Waals surface area contributed by atoms with Crippen LogP contribution >= 0.6 is 11.6 Å². The van der Waals surface area contributed by atoms with Gasteiger partial charge in [-0.15, -0.1) is 0 Å². The van der Waals surface area contributed by atoms with Crippen LogP contribution in [0.15, 0.2) is 17.7 Å². The molecule has 22 heavy (non-hydrogen) atoms. The molecule has 1 rings (SSSR count). The summed E-state index contributed by atoms with van der Waals surface area (Å²) in [5.41, 5.74) is -1.91. The van der Waals surface area contributed by atoms with E-state index < -0.39 is 33.1 Å². The van der Waals surface area contributed by atoms with E-state index >= 15 is 0 Å². The van der Waals surface area contributed by atoms with Gasteiger partial charge in [0.1, 0.15) is 11.6 Å². The topological polar surface area (TPSA) is 104 Å². The van der Waals surface area contributed by atoms with Crippen molar-refractivity contribution in [3.8, 4) is 6.07 Å². The molecule has 0 heterocycles. The predicted octanol–water partition coefficient (Wildman–Crippen LogP) is 3.96. The van der Waals surface area contributed by atoms with Gasteiger partial charge in [0.25, 0.3) is 5.69 Å². The fraction of sp³-hybridized carbons (Fsp3) is 0.333. The molecular weight excluding hydrogens is 308 g/mol. The summed E-state index contributed by atoms with van der Waals surface area (Å²) in [4.78, 5) is 22.7. The number of nitriles is 1. The van der Waals surface area contributed by atoms with Crippen molar-refractivity contribution >= 4 is 28.8 Å². The minimum Gasteiger partial charge on any atom is -0.506 e. The number of hydrogen-bond donors (Lipinski definition) is 1. The summed E-state index contributed by atoms with van der Waals surface area (Å²) in [6.07, 6.45) is 0. The van der Waals surface area contributed by atoms with E-state index in [0.29, 0.717) is 0 Å². The fourth-order valence-electron chi connectivity index (χ4n) is 1.82. The third-order valence-corrected chi connectivity index (χ3v) is 3.47. The van der Waals surface area contributed by atoms with E-state index in [1.165, 1.54) is 19.1 Å². The Morgan fingerprint density at radius 1 is 1.41 bits per heavy atom. The van der Waals surface area contributed by atoms with Crippen LogP contribution in [0, 0.1) is 33.8 Å². The zero-order valence-corrected chi connectivity index (χ0v) is 13.4. The number of halogens is 1. The number of hydrogen-bond acceptors (Lipinski definition) is 5. The summed E-state index contributed by atoms with van der Waals surface area (Å²) in [6, 6.07) is 4.22. The number of carbonyl (C=O) groups is 1. The lowest BCUT2D eigenvalue weighted by Gasteiger charge is -2.16. The summed E-state index contributed by atoms with van der Waals surface area (Å²) >= 11 is 5.85. The van der Waals surface area contributed by atoms with Crippen LogP contribution in [0.1, 0.15) is 31.9 Å². The number of nitrogens with zero attached hydrogens (tertiary/aromatic N) is 2. The molecule has 0 saturated carbocycles. The first-order valence-corrected chi connectivity index (χ1v) is 6.72. The van der Waals surface area contributed by atoms with E-state index in [2.05, 4.69) is 0 Å². The van der Waals surface area contributed by atoms with Crippen LogP contribution in [0.25, 0.3) is 5.76 Å². The maximum Gasteiger partial charge on any atom is 0.284 e. The molecule has 0 amide bonds. The van der Waals surface area contributed by atoms with Crippen LogP contribution in [0.3, 0.4) is 0 Å². The van der Waals surface area contributed by atoms with Gasteiger partial charge in [0.2, 0.25) is 0 Å². The molecule has 116 valence electrons. The second-order valence-electron chi connectivity index (χ2n) is 5.74. The standard InChI is InChI=1S/C15H15ClN2O4/c1-8-11(16)6-5-9(12(8)18(21)22)13(19)10(7-17)14(20)15(2,3)4/h5-6,19H,1-4H3. The van der Waals surface area contributed by atoms with Gasteiger partial charge >= 0.3 is 0 Å².